The Morgan fingerprint density at radius 3 is 2.62 bits per heavy atom. The normalized spacial score (nSPS) is 15.8. The van der Waals surface area contributed by atoms with Gasteiger partial charge >= 0.3 is 0 Å². The Kier molecular flexibility index (Phi) is 8.12. The summed E-state index contributed by atoms with van der Waals surface area (Å²) in [5, 5.41) is 9.53. The molecule has 3 N–H and O–H groups in total. The molecule has 1 amide bonds. The zero-order valence-corrected chi connectivity index (χ0v) is 17.1. The van der Waals surface area contributed by atoms with E-state index < -0.39 is 0 Å². The van der Waals surface area contributed by atoms with Gasteiger partial charge in [-0.15, -0.1) is 0 Å². The monoisotopic (exact) mass is 397 g/mol. The lowest BCUT2D eigenvalue weighted by molar-refractivity contribution is -0.119. The summed E-state index contributed by atoms with van der Waals surface area (Å²) >= 11 is 0. The SMILES string of the molecule is CCNC(=NCC(=O)NCc1ccco1)NC1CCN(Cc2ccccc2)CC1. The fourth-order valence-corrected chi connectivity index (χ4v) is 3.40. The van der Waals surface area contributed by atoms with E-state index in [-0.39, 0.29) is 12.5 Å². The van der Waals surface area contributed by atoms with Crippen LogP contribution in [0.25, 0.3) is 0 Å². The fourth-order valence-electron chi connectivity index (χ4n) is 3.40. The summed E-state index contributed by atoms with van der Waals surface area (Å²) in [5.41, 5.74) is 1.36. The summed E-state index contributed by atoms with van der Waals surface area (Å²) in [7, 11) is 0. The molecule has 1 saturated heterocycles. The molecule has 0 radical (unpaired) electrons. The largest absolute Gasteiger partial charge is 0.467 e. The van der Waals surface area contributed by atoms with Crippen molar-refractivity contribution in [2.45, 2.75) is 38.9 Å². The molecular weight excluding hydrogens is 366 g/mol. The van der Waals surface area contributed by atoms with Gasteiger partial charge in [0.25, 0.3) is 0 Å². The summed E-state index contributed by atoms with van der Waals surface area (Å²) < 4.78 is 5.22. The number of piperidine rings is 1. The van der Waals surface area contributed by atoms with Crippen LogP contribution in [0, 0.1) is 0 Å². The van der Waals surface area contributed by atoms with Gasteiger partial charge in [0, 0.05) is 32.2 Å². The fraction of sp³-hybridized carbons (Fsp3) is 0.455. The first-order chi connectivity index (χ1) is 14.2. The Labute approximate surface area is 172 Å². The number of benzene rings is 1. The summed E-state index contributed by atoms with van der Waals surface area (Å²) in [6.07, 6.45) is 3.71. The van der Waals surface area contributed by atoms with Crippen LogP contribution in [-0.4, -0.2) is 49.0 Å². The lowest BCUT2D eigenvalue weighted by Gasteiger charge is -2.33. The quantitative estimate of drug-likeness (QED) is 0.470. The number of hydrogen-bond donors (Lipinski definition) is 3. The molecule has 1 aromatic carbocycles. The maximum Gasteiger partial charge on any atom is 0.242 e. The van der Waals surface area contributed by atoms with Gasteiger partial charge in [-0.25, -0.2) is 4.99 Å². The minimum atomic E-state index is -0.128. The first-order valence-corrected chi connectivity index (χ1v) is 10.3. The first-order valence-electron chi connectivity index (χ1n) is 10.3. The van der Waals surface area contributed by atoms with Crippen LogP contribution < -0.4 is 16.0 Å². The standard InChI is InChI=1S/C22H31N5O2/c1-2-23-22(25-16-21(28)24-15-20-9-6-14-29-20)26-19-10-12-27(13-11-19)17-18-7-4-3-5-8-18/h3-9,14,19H,2,10-13,15-17H2,1H3,(H,24,28)(H2,23,25,26). The maximum atomic E-state index is 12.0. The van der Waals surface area contributed by atoms with Gasteiger partial charge in [-0.1, -0.05) is 30.3 Å². The number of furan rings is 1. The molecule has 0 bridgehead atoms. The highest BCUT2D eigenvalue weighted by Crippen LogP contribution is 2.13. The second-order valence-electron chi connectivity index (χ2n) is 7.23. The van der Waals surface area contributed by atoms with E-state index in [0.29, 0.717) is 18.5 Å². The first kappa shape index (κ1) is 20.9. The molecule has 0 aliphatic carbocycles. The van der Waals surface area contributed by atoms with Crippen LogP contribution in [0.2, 0.25) is 0 Å². The number of guanidine groups is 1. The molecule has 156 valence electrons. The number of aliphatic imine (C=N–C) groups is 1. The number of amides is 1. The molecule has 0 spiro atoms. The van der Waals surface area contributed by atoms with Gasteiger partial charge in [0.05, 0.1) is 12.8 Å². The van der Waals surface area contributed by atoms with Gasteiger partial charge in [-0.2, -0.15) is 0 Å². The highest BCUT2D eigenvalue weighted by molar-refractivity contribution is 5.85. The van der Waals surface area contributed by atoms with E-state index in [2.05, 4.69) is 56.2 Å². The van der Waals surface area contributed by atoms with E-state index in [9.17, 15) is 4.79 Å². The van der Waals surface area contributed by atoms with E-state index in [1.807, 2.05) is 13.0 Å². The number of likely N-dealkylation sites (tertiary alicyclic amines) is 1. The van der Waals surface area contributed by atoms with Crippen molar-refractivity contribution in [1.82, 2.24) is 20.9 Å². The Hall–Kier alpha value is -2.80. The second kappa shape index (κ2) is 11.3. The van der Waals surface area contributed by atoms with Gasteiger partial charge in [0.2, 0.25) is 5.91 Å². The molecule has 1 aliphatic heterocycles. The van der Waals surface area contributed by atoms with Gasteiger partial charge in [-0.3, -0.25) is 9.69 Å². The van der Waals surface area contributed by atoms with E-state index in [1.54, 1.807) is 12.3 Å². The summed E-state index contributed by atoms with van der Waals surface area (Å²) in [4.78, 5) is 19.0. The van der Waals surface area contributed by atoms with Crippen molar-refractivity contribution < 1.29 is 9.21 Å². The Morgan fingerprint density at radius 1 is 1.14 bits per heavy atom. The van der Waals surface area contributed by atoms with Gasteiger partial charge in [0.1, 0.15) is 12.3 Å². The minimum Gasteiger partial charge on any atom is -0.467 e. The van der Waals surface area contributed by atoms with Crippen molar-refractivity contribution in [2.75, 3.05) is 26.2 Å². The van der Waals surface area contributed by atoms with Crippen molar-refractivity contribution in [3.63, 3.8) is 0 Å². The minimum absolute atomic E-state index is 0.0862. The highest BCUT2D eigenvalue weighted by Gasteiger charge is 2.20. The molecule has 3 rings (SSSR count). The average Bonchev–Trinajstić information content (AvgIpc) is 3.26. The van der Waals surface area contributed by atoms with Crippen LogP contribution in [0.5, 0.6) is 0 Å². The van der Waals surface area contributed by atoms with E-state index in [0.717, 1.165) is 44.8 Å². The molecular formula is C22H31N5O2. The lowest BCUT2D eigenvalue weighted by Crippen LogP contribution is -2.48. The van der Waals surface area contributed by atoms with Crippen molar-refractivity contribution in [3.05, 3.63) is 60.1 Å². The van der Waals surface area contributed by atoms with Crippen LogP contribution in [0.15, 0.2) is 58.1 Å². The highest BCUT2D eigenvalue weighted by atomic mass is 16.3. The molecule has 0 atom stereocenters. The molecule has 2 heterocycles. The molecule has 1 fully saturated rings. The molecule has 2 aromatic rings. The number of hydrogen-bond acceptors (Lipinski definition) is 4. The van der Waals surface area contributed by atoms with Crippen LogP contribution in [-0.2, 0) is 17.9 Å². The third-order valence-corrected chi connectivity index (χ3v) is 4.94. The van der Waals surface area contributed by atoms with E-state index in [1.165, 1.54) is 5.56 Å². The number of rotatable bonds is 8. The van der Waals surface area contributed by atoms with E-state index >= 15 is 0 Å². The molecule has 7 heteroatoms. The molecule has 7 nitrogen and oxygen atoms in total. The van der Waals surface area contributed by atoms with Gasteiger partial charge in [0.15, 0.2) is 5.96 Å². The average molecular weight is 398 g/mol. The predicted octanol–water partition coefficient (Wildman–Crippen LogP) is 2.12. The second-order valence-corrected chi connectivity index (χ2v) is 7.23. The smallest absolute Gasteiger partial charge is 0.242 e. The summed E-state index contributed by atoms with van der Waals surface area (Å²) in [6.45, 7) is 6.35. The van der Waals surface area contributed by atoms with Crippen molar-refractivity contribution >= 4 is 11.9 Å². The topological polar surface area (TPSA) is 81.9 Å². The Balaban J connectivity index is 1.41. The number of carbonyl (C=O) groups excluding carboxylic acids is 1. The molecule has 29 heavy (non-hydrogen) atoms. The molecule has 0 saturated carbocycles. The summed E-state index contributed by atoms with van der Waals surface area (Å²) in [6, 6.07) is 14.6. The number of nitrogens with one attached hydrogen (secondary N) is 3. The number of carbonyl (C=O) groups is 1. The zero-order valence-electron chi connectivity index (χ0n) is 17.1. The van der Waals surface area contributed by atoms with Gasteiger partial charge in [-0.05, 0) is 37.5 Å². The third-order valence-electron chi connectivity index (χ3n) is 4.94. The Morgan fingerprint density at radius 2 is 1.93 bits per heavy atom. The van der Waals surface area contributed by atoms with Crippen LogP contribution in [0.1, 0.15) is 31.1 Å². The zero-order chi connectivity index (χ0) is 20.3. The van der Waals surface area contributed by atoms with Gasteiger partial charge < -0.3 is 20.4 Å². The van der Waals surface area contributed by atoms with Crippen molar-refractivity contribution in [1.29, 1.82) is 0 Å². The van der Waals surface area contributed by atoms with Crippen LogP contribution in [0.4, 0.5) is 0 Å². The van der Waals surface area contributed by atoms with Crippen molar-refractivity contribution in [2.24, 2.45) is 4.99 Å². The molecule has 1 aliphatic rings. The lowest BCUT2D eigenvalue weighted by atomic mass is 10.0. The Bertz CT molecular complexity index is 753. The van der Waals surface area contributed by atoms with Crippen molar-refractivity contribution in [3.8, 4) is 0 Å². The molecule has 1 aromatic heterocycles. The third kappa shape index (κ3) is 7.27. The van der Waals surface area contributed by atoms with E-state index in [4.69, 9.17) is 4.42 Å². The van der Waals surface area contributed by atoms with Crippen LogP contribution in [0.3, 0.4) is 0 Å². The van der Waals surface area contributed by atoms with Crippen LogP contribution >= 0.6 is 0 Å². The predicted molar refractivity (Wildman–Crippen MR) is 114 cm³/mol. The number of nitrogens with zero attached hydrogens (tertiary/aromatic N) is 2. The molecule has 0 unspecified atom stereocenters. The maximum absolute atomic E-state index is 12.0. The summed E-state index contributed by atoms with van der Waals surface area (Å²) in [5.74, 6) is 1.30.